The highest BCUT2D eigenvalue weighted by atomic mass is 16.5. The van der Waals surface area contributed by atoms with Crippen molar-refractivity contribution in [2.75, 3.05) is 33.4 Å². The number of hydrogen-bond acceptors (Lipinski definition) is 4. The minimum absolute atomic E-state index is 0.00852. The summed E-state index contributed by atoms with van der Waals surface area (Å²) in [6.45, 7) is 4.29. The first kappa shape index (κ1) is 19.2. The number of carbonyl (C=O) groups excluding carboxylic acids is 1. The van der Waals surface area contributed by atoms with Crippen molar-refractivity contribution in [3.8, 4) is 5.75 Å². The third-order valence-corrected chi connectivity index (χ3v) is 4.57. The van der Waals surface area contributed by atoms with Crippen molar-refractivity contribution >= 4 is 6.03 Å². The van der Waals surface area contributed by atoms with Gasteiger partial charge in [-0.1, -0.05) is 42.5 Å². The average Bonchev–Trinajstić information content (AvgIpc) is 2.72. The Morgan fingerprint density at radius 3 is 2.63 bits per heavy atom. The third-order valence-electron chi connectivity index (χ3n) is 4.57. The van der Waals surface area contributed by atoms with Gasteiger partial charge in [0, 0.05) is 32.7 Å². The molecule has 2 aromatic rings. The molecule has 0 bridgehead atoms. The topological polar surface area (TPSA) is 62.8 Å². The quantitative estimate of drug-likeness (QED) is 0.787. The lowest BCUT2D eigenvalue weighted by atomic mass is 10.2. The second-order valence-corrected chi connectivity index (χ2v) is 6.63. The number of hydrogen-bond donors (Lipinski definition) is 2. The summed E-state index contributed by atoms with van der Waals surface area (Å²) in [4.78, 5) is 14.4. The van der Waals surface area contributed by atoms with Gasteiger partial charge in [-0.05, 0) is 23.3 Å². The zero-order valence-corrected chi connectivity index (χ0v) is 15.7. The van der Waals surface area contributed by atoms with Gasteiger partial charge in [0.2, 0.25) is 0 Å². The zero-order chi connectivity index (χ0) is 18.9. The van der Waals surface area contributed by atoms with Gasteiger partial charge in [-0.15, -0.1) is 0 Å². The molecule has 27 heavy (non-hydrogen) atoms. The molecule has 1 heterocycles. The summed E-state index contributed by atoms with van der Waals surface area (Å²) < 4.78 is 10.9. The average molecular weight is 369 g/mol. The van der Waals surface area contributed by atoms with Gasteiger partial charge < -0.3 is 20.1 Å². The van der Waals surface area contributed by atoms with E-state index in [-0.39, 0.29) is 12.1 Å². The van der Waals surface area contributed by atoms with E-state index in [4.69, 9.17) is 9.47 Å². The highest BCUT2D eigenvalue weighted by Gasteiger charge is 2.20. The van der Waals surface area contributed by atoms with Crippen LogP contribution in [0.2, 0.25) is 0 Å². The number of benzene rings is 2. The van der Waals surface area contributed by atoms with E-state index < -0.39 is 0 Å². The molecule has 2 N–H and O–H groups in total. The molecule has 1 fully saturated rings. The van der Waals surface area contributed by atoms with E-state index >= 15 is 0 Å². The lowest BCUT2D eigenvalue weighted by molar-refractivity contribution is -0.0287. The van der Waals surface area contributed by atoms with E-state index in [2.05, 4.69) is 39.8 Å². The smallest absolute Gasteiger partial charge is 0.315 e. The lowest BCUT2D eigenvalue weighted by Gasteiger charge is -2.33. The Bertz CT molecular complexity index is 706. The Labute approximate surface area is 160 Å². The molecule has 0 aliphatic carbocycles. The first-order chi connectivity index (χ1) is 13.2. The number of urea groups is 1. The summed E-state index contributed by atoms with van der Waals surface area (Å²) in [6, 6.07) is 17.9. The lowest BCUT2D eigenvalue weighted by Crippen LogP contribution is -2.48. The van der Waals surface area contributed by atoms with E-state index in [0.29, 0.717) is 19.7 Å². The van der Waals surface area contributed by atoms with Gasteiger partial charge in [0.25, 0.3) is 0 Å². The van der Waals surface area contributed by atoms with Crippen LogP contribution in [-0.4, -0.2) is 50.4 Å². The largest absolute Gasteiger partial charge is 0.497 e. The molecule has 0 saturated carbocycles. The summed E-state index contributed by atoms with van der Waals surface area (Å²) in [5, 5.41) is 5.77. The molecule has 0 aromatic heterocycles. The fraction of sp³-hybridized carbons (Fsp3) is 0.381. The number of nitrogens with one attached hydrogen (secondary N) is 2. The zero-order valence-electron chi connectivity index (χ0n) is 15.7. The van der Waals surface area contributed by atoms with Crippen LogP contribution in [0.4, 0.5) is 4.79 Å². The Kier molecular flexibility index (Phi) is 7.07. The number of rotatable bonds is 7. The van der Waals surface area contributed by atoms with Crippen LogP contribution in [0.25, 0.3) is 0 Å². The number of carbonyl (C=O) groups is 1. The van der Waals surface area contributed by atoms with Crippen LogP contribution in [0, 0.1) is 0 Å². The highest BCUT2D eigenvalue weighted by molar-refractivity contribution is 5.73. The molecule has 1 aliphatic rings. The van der Waals surface area contributed by atoms with Gasteiger partial charge in [0.05, 0.1) is 19.8 Å². The molecular formula is C21H27N3O3. The van der Waals surface area contributed by atoms with Crippen molar-refractivity contribution in [1.29, 1.82) is 0 Å². The van der Waals surface area contributed by atoms with Crippen molar-refractivity contribution in [3.05, 3.63) is 65.7 Å². The van der Waals surface area contributed by atoms with Gasteiger partial charge in [0.1, 0.15) is 5.75 Å². The summed E-state index contributed by atoms with van der Waals surface area (Å²) in [5.74, 6) is 0.803. The molecular weight excluding hydrogens is 342 g/mol. The van der Waals surface area contributed by atoms with Crippen molar-refractivity contribution in [3.63, 3.8) is 0 Å². The Hall–Kier alpha value is -2.57. The minimum atomic E-state index is -0.186. The Morgan fingerprint density at radius 2 is 1.89 bits per heavy atom. The van der Waals surface area contributed by atoms with Gasteiger partial charge in [-0.2, -0.15) is 0 Å². The van der Waals surface area contributed by atoms with Crippen LogP contribution in [0.3, 0.4) is 0 Å². The number of morpholine rings is 1. The van der Waals surface area contributed by atoms with Crippen LogP contribution in [0.5, 0.6) is 5.75 Å². The maximum atomic E-state index is 12.0. The molecule has 6 heteroatoms. The van der Waals surface area contributed by atoms with Crippen molar-refractivity contribution in [1.82, 2.24) is 15.5 Å². The standard InChI is InChI=1S/C21H27N3O3/c1-26-19-9-7-17(8-10-19)13-22-21(25)23-14-20-16-24(11-12-27-20)15-18-5-3-2-4-6-18/h2-10,20H,11-16H2,1H3,(H2,22,23,25). The van der Waals surface area contributed by atoms with Crippen molar-refractivity contribution < 1.29 is 14.3 Å². The number of nitrogens with zero attached hydrogens (tertiary/aromatic N) is 1. The molecule has 6 nitrogen and oxygen atoms in total. The van der Waals surface area contributed by atoms with Crippen LogP contribution >= 0.6 is 0 Å². The number of ether oxygens (including phenoxy) is 2. The van der Waals surface area contributed by atoms with Crippen LogP contribution in [-0.2, 0) is 17.8 Å². The summed E-state index contributed by atoms with van der Waals surface area (Å²) in [6.07, 6.45) is 0.00852. The van der Waals surface area contributed by atoms with Crippen molar-refractivity contribution in [2.45, 2.75) is 19.2 Å². The molecule has 3 rings (SSSR count). The van der Waals surface area contributed by atoms with Crippen LogP contribution in [0.1, 0.15) is 11.1 Å². The summed E-state index contributed by atoms with van der Waals surface area (Å²) in [5.41, 5.74) is 2.32. The summed E-state index contributed by atoms with van der Waals surface area (Å²) >= 11 is 0. The Morgan fingerprint density at radius 1 is 1.11 bits per heavy atom. The summed E-state index contributed by atoms with van der Waals surface area (Å²) in [7, 11) is 1.63. The Balaban J connectivity index is 1.37. The molecule has 1 atom stereocenters. The predicted molar refractivity (Wildman–Crippen MR) is 105 cm³/mol. The number of amides is 2. The molecule has 1 unspecified atom stereocenters. The molecule has 144 valence electrons. The van der Waals surface area contributed by atoms with E-state index in [1.807, 2.05) is 30.3 Å². The molecule has 0 radical (unpaired) electrons. The minimum Gasteiger partial charge on any atom is -0.497 e. The molecule has 0 spiro atoms. The van der Waals surface area contributed by atoms with Crippen LogP contribution < -0.4 is 15.4 Å². The fourth-order valence-corrected chi connectivity index (χ4v) is 3.08. The van der Waals surface area contributed by atoms with E-state index in [0.717, 1.165) is 30.9 Å². The second-order valence-electron chi connectivity index (χ2n) is 6.63. The van der Waals surface area contributed by atoms with E-state index in [9.17, 15) is 4.79 Å². The van der Waals surface area contributed by atoms with Gasteiger partial charge in [0.15, 0.2) is 0 Å². The van der Waals surface area contributed by atoms with E-state index in [1.54, 1.807) is 7.11 Å². The van der Waals surface area contributed by atoms with Crippen LogP contribution in [0.15, 0.2) is 54.6 Å². The highest BCUT2D eigenvalue weighted by Crippen LogP contribution is 2.11. The van der Waals surface area contributed by atoms with Gasteiger partial charge >= 0.3 is 6.03 Å². The second kappa shape index (κ2) is 9.94. The maximum absolute atomic E-state index is 12.0. The molecule has 1 aliphatic heterocycles. The SMILES string of the molecule is COc1ccc(CNC(=O)NCC2CN(Cc3ccccc3)CCO2)cc1. The van der Waals surface area contributed by atoms with Crippen molar-refractivity contribution in [2.24, 2.45) is 0 Å². The first-order valence-electron chi connectivity index (χ1n) is 9.25. The first-order valence-corrected chi connectivity index (χ1v) is 9.25. The van der Waals surface area contributed by atoms with E-state index in [1.165, 1.54) is 5.56 Å². The molecule has 1 saturated heterocycles. The maximum Gasteiger partial charge on any atom is 0.315 e. The van der Waals surface area contributed by atoms with Gasteiger partial charge in [-0.3, -0.25) is 4.90 Å². The normalized spacial score (nSPS) is 17.3. The monoisotopic (exact) mass is 369 g/mol. The fourth-order valence-electron chi connectivity index (χ4n) is 3.08. The third kappa shape index (κ3) is 6.27. The molecule has 2 aromatic carbocycles. The number of methoxy groups -OCH3 is 1. The predicted octanol–water partition coefficient (Wildman–Crippen LogP) is 2.40. The molecule has 2 amide bonds. The van der Waals surface area contributed by atoms with Gasteiger partial charge in [-0.25, -0.2) is 4.79 Å².